The fourth-order valence-corrected chi connectivity index (χ4v) is 2.75. The Labute approximate surface area is 167 Å². The molecule has 1 amide bonds. The monoisotopic (exact) mass is 399 g/mol. The number of rotatable bonds is 3. The fraction of sp³-hybridized carbons (Fsp3) is 0.333. The lowest BCUT2D eigenvalue weighted by atomic mass is 10.0. The number of fused-ring (bicyclic) bond motifs is 2. The maximum Gasteiger partial charge on any atom is 0.413 e. The number of hydrogen-bond donors (Lipinski definition) is 2. The summed E-state index contributed by atoms with van der Waals surface area (Å²) >= 11 is 0. The van der Waals surface area contributed by atoms with Gasteiger partial charge in [-0.2, -0.15) is 4.98 Å². The molecule has 152 valence electrons. The van der Waals surface area contributed by atoms with Crippen molar-refractivity contribution in [1.29, 1.82) is 0 Å². The third-order valence-electron chi connectivity index (χ3n) is 4.09. The Morgan fingerprint density at radius 3 is 2.52 bits per heavy atom. The van der Waals surface area contributed by atoms with E-state index in [0.29, 0.717) is 5.56 Å². The predicted octanol–water partition coefficient (Wildman–Crippen LogP) is 4.51. The summed E-state index contributed by atoms with van der Waals surface area (Å²) in [6.45, 7) is 8.37. The van der Waals surface area contributed by atoms with Crippen LogP contribution in [-0.2, 0) is 4.74 Å². The first-order valence-electron chi connectivity index (χ1n) is 9.42. The van der Waals surface area contributed by atoms with E-state index in [2.05, 4.69) is 10.3 Å². The van der Waals surface area contributed by atoms with Gasteiger partial charge in [0.25, 0.3) is 0 Å². The third-order valence-corrected chi connectivity index (χ3v) is 4.09. The summed E-state index contributed by atoms with van der Waals surface area (Å²) in [4.78, 5) is 40.8. The van der Waals surface area contributed by atoms with Crippen LogP contribution in [0.3, 0.4) is 0 Å². The summed E-state index contributed by atoms with van der Waals surface area (Å²) in [5.74, 6) is -2.60. The molecular formula is C21H22N2O6. The van der Waals surface area contributed by atoms with Crippen molar-refractivity contribution in [3.8, 4) is 0 Å². The zero-order valence-corrected chi connectivity index (χ0v) is 16.7. The summed E-state index contributed by atoms with van der Waals surface area (Å²) in [6, 6.07) is 5.91. The van der Waals surface area contributed by atoms with E-state index >= 15 is 0 Å². The van der Waals surface area contributed by atoms with Crippen LogP contribution in [0.1, 0.15) is 57.8 Å². The van der Waals surface area contributed by atoms with Gasteiger partial charge in [0.05, 0.1) is 10.8 Å². The number of carboxylic acids is 1. The van der Waals surface area contributed by atoms with Crippen molar-refractivity contribution < 1.29 is 25.2 Å². The van der Waals surface area contributed by atoms with E-state index in [1.165, 1.54) is 0 Å². The Bertz CT molecular complexity index is 1230. The summed E-state index contributed by atoms with van der Waals surface area (Å²) in [6.07, 6.45) is -0.887. The van der Waals surface area contributed by atoms with Gasteiger partial charge in [0.15, 0.2) is 5.82 Å². The smallest absolute Gasteiger partial charge is 0.413 e. The maximum atomic E-state index is 13.0. The van der Waals surface area contributed by atoms with Gasteiger partial charge >= 0.3 is 12.1 Å². The van der Waals surface area contributed by atoms with Crippen LogP contribution in [0.4, 0.5) is 10.6 Å². The fourth-order valence-electron chi connectivity index (χ4n) is 2.75. The van der Waals surface area contributed by atoms with Crippen LogP contribution < -0.4 is 10.7 Å². The largest absolute Gasteiger partial charge is 0.478 e. The maximum absolute atomic E-state index is 13.0. The van der Waals surface area contributed by atoms with Crippen LogP contribution in [0.5, 0.6) is 0 Å². The number of carboxylic acid groups (broad SMARTS) is 1. The number of benzene rings is 1. The lowest BCUT2D eigenvalue weighted by Crippen LogP contribution is -2.28. The first kappa shape index (κ1) is 18.9. The normalized spacial score (nSPS) is 12.7. The molecule has 0 aliphatic rings. The molecule has 0 unspecified atom stereocenters. The van der Waals surface area contributed by atoms with E-state index in [-0.39, 0.29) is 33.5 Å². The number of ether oxygens (including phenoxy) is 1. The lowest BCUT2D eigenvalue weighted by molar-refractivity contribution is 0.0635. The van der Waals surface area contributed by atoms with Gasteiger partial charge in [0, 0.05) is 1.37 Å². The van der Waals surface area contributed by atoms with E-state index in [1.807, 2.05) is 0 Å². The summed E-state index contributed by atoms with van der Waals surface area (Å²) < 4.78 is 19.0. The summed E-state index contributed by atoms with van der Waals surface area (Å²) in [5, 5.41) is 12.0. The second kappa shape index (κ2) is 7.20. The van der Waals surface area contributed by atoms with E-state index in [1.54, 1.807) is 52.8 Å². The van der Waals surface area contributed by atoms with Crippen LogP contribution >= 0.6 is 0 Å². The van der Waals surface area contributed by atoms with E-state index in [9.17, 15) is 19.5 Å². The average molecular weight is 399 g/mol. The highest BCUT2D eigenvalue weighted by molar-refractivity contribution is 6.01. The van der Waals surface area contributed by atoms with Crippen LogP contribution in [0, 0.1) is 0 Å². The molecule has 2 heterocycles. The van der Waals surface area contributed by atoms with Crippen LogP contribution in [-0.4, -0.2) is 27.8 Å². The molecule has 2 aromatic heterocycles. The minimum absolute atomic E-state index is 0.0467. The summed E-state index contributed by atoms with van der Waals surface area (Å²) in [5.41, 5.74) is -0.929. The number of anilines is 1. The molecule has 0 aliphatic carbocycles. The lowest BCUT2D eigenvalue weighted by Gasteiger charge is -2.19. The molecular weight excluding hydrogens is 376 g/mol. The second-order valence-corrected chi connectivity index (χ2v) is 7.81. The van der Waals surface area contributed by atoms with Crippen LogP contribution in [0.2, 0.25) is 0 Å². The highest BCUT2D eigenvalue weighted by Gasteiger charge is 2.22. The standard InChI is InChI=1S/C21H22N2O6/c1-10(2)11-6-7-15-12(8-11)16(24)13-9-14(19(25)26)17(22-18(13)28-15)23-20(27)29-21(3,4)5/h6-10H,1-5H3,(H,25,26)(H,22,23,27)/i10D. The minimum atomic E-state index is -1.38. The number of aromatic nitrogens is 1. The number of aromatic carboxylic acids is 1. The van der Waals surface area contributed by atoms with Crippen LogP contribution in [0.25, 0.3) is 22.1 Å². The summed E-state index contributed by atoms with van der Waals surface area (Å²) in [7, 11) is 0. The van der Waals surface area contributed by atoms with Crippen molar-refractivity contribution in [3.63, 3.8) is 0 Å². The first-order chi connectivity index (χ1) is 13.8. The van der Waals surface area contributed by atoms with Crippen molar-refractivity contribution in [2.24, 2.45) is 0 Å². The molecule has 29 heavy (non-hydrogen) atoms. The zero-order valence-electron chi connectivity index (χ0n) is 17.7. The molecule has 8 nitrogen and oxygen atoms in total. The van der Waals surface area contributed by atoms with Crippen molar-refractivity contribution in [2.75, 3.05) is 5.32 Å². The Kier molecular flexibility index (Phi) is 4.70. The number of hydrogen-bond acceptors (Lipinski definition) is 6. The number of nitrogens with zero attached hydrogens (tertiary/aromatic N) is 1. The molecule has 0 spiro atoms. The zero-order chi connectivity index (χ0) is 22.4. The molecule has 1 aromatic carbocycles. The second-order valence-electron chi connectivity index (χ2n) is 7.81. The molecule has 0 saturated heterocycles. The molecule has 3 aromatic rings. The van der Waals surface area contributed by atoms with E-state index in [4.69, 9.17) is 10.5 Å². The van der Waals surface area contributed by atoms with Crippen molar-refractivity contribution in [3.05, 3.63) is 45.6 Å². The molecule has 8 heteroatoms. The van der Waals surface area contributed by atoms with Gasteiger partial charge in [-0.15, -0.1) is 0 Å². The molecule has 0 aliphatic heterocycles. The SMILES string of the molecule is [2H]C(C)(C)c1ccc2oc3nc(NC(=O)OC(C)(C)C)c(C(=O)O)cc3c(=O)c2c1. The Hall–Kier alpha value is -3.42. The van der Waals surface area contributed by atoms with Gasteiger partial charge < -0.3 is 14.3 Å². The molecule has 0 fully saturated rings. The van der Waals surface area contributed by atoms with E-state index < -0.39 is 29.0 Å². The molecule has 3 rings (SSSR count). The topological polar surface area (TPSA) is 119 Å². The quantitative estimate of drug-likeness (QED) is 0.622. The van der Waals surface area contributed by atoms with Crippen LogP contribution in [0.15, 0.2) is 33.5 Å². The Morgan fingerprint density at radius 2 is 1.93 bits per heavy atom. The minimum Gasteiger partial charge on any atom is -0.478 e. The average Bonchev–Trinajstić information content (AvgIpc) is 2.58. The highest BCUT2D eigenvalue weighted by atomic mass is 16.6. The van der Waals surface area contributed by atoms with Gasteiger partial charge in [-0.05, 0) is 50.4 Å². The van der Waals surface area contributed by atoms with E-state index in [0.717, 1.165) is 6.07 Å². The molecule has 0 saturated carbocycles. The number of carbonyl (C=O) groups is 2. The molecule has 0 bridgehead atoms. The van der Waals surface area contributed by atoms with Gasteiger partial charge in [0.1, 0.15) is 16.7 Å². The number of amides is 1. The molecule has 0 radical (unpaired) electrons. The number of carbonyl (C=O) groups excluding carboxylic acids is 1. The van der Waals surface area contributed by atoms with Crippen molar-refractivity contribution in [2.45, 2.75) is 46.1 Å². The molecule has 2 N–H and O–H groups in total. The molecule has 0 atom stereocenters. The number of nitrogens with one attached hydrogen (secondary N) is 1. The van der Waals surface area contributed by atoms with Crippen molar-refractivity contribution in [1.82, 2.24) is 4.98 Å². The highest BCUT2D eigenvalue weighted by Crippen LogP contribution is 2.25. The van der Waals surface area contributed by atoms with Crippen molar-refractivity contribution >= 4 is 39.9 Å². The number of pyridine rings is 1. The van der Waals surface area contributed by atoms with Gasteiger partial charge in [-0.25, -0.2) is 9.59 Å². The van der Waals surface area contributed by atoms with Gasteiger partial charge in [0.2, 0.25) is 11.1 Å². The van der Waals surface area contributed by atoms with Gasteiger partial charge in [-0.3, -0.25) is 10.1 Å². The van der Waals surface area contributed by atoms with Gasteiger partial charge in [-0.1, -0.05) is 19.9 Å². The third kappa shape index (κ3) is 4.21. The predicted molar refractivity (Wildman–Crippen MR) is 109 cm³/mol. The first-order valence-corrected chi connectivity index (χ1v) is 8.92. The Morgan fingerprint density at radius 1 is 1.24 bits per heavy atom. The Balaban J connectivity index is 2.20.